The van der Waals surface area contributed by atoms with Crippen molar-refractivity contribution in [3.63, 3.8) is 0 Å². The normalized spacial score (nSPS) is 18.6. The summed E-state index contributed by atoms with van der Waals surface area (Å²) in [4.78, 5) is 20.0. The molecule has 2 aromatic heterocycles. The summed E-state index contributed by atoms with van der Waals surface area (Å²) in [6, 6.07) is 18.9. The predicted molar refractivity (Wildman–Crippen MR) is 151 cm³/mol. The lowest BCUT2D eigenvalue weighted by Crippen LogP contribution is -2.42. The van der Waals surface area contributed by atoms with Gasteiger partial charge in [-0.15, -0.1) is 0 Å². The Bertz CT molecular complexity index is 1740. The zero-order chi connectivity index (χ0) is 28.2. The zero-order valence-electron chi connectivity index (χ0n) is 22.5. The van der Waals surface area contributed by atoms with Crippen molar-refractivity contribution in [1.29, 1.82) is 5.26 Å². The van der Waals surface area contributed by atoms with Crippen LogP contribution in [-0.4, -0.2) is 30.2 Å². The number of Topliss-reactive ketones (excluding diaryl/α,β-unsaturated/α-hetero) is 1. The van der Waals surface area contributed by atoms with Crippen LogP contribution < -0.4 is 10.6 Å². The summed E-state index contributed by atoms with van der Waals surface area (Å²) in [6.45, 7) is 5.97. The van der Waals surface area contributed by atoms with Gasteiger partial charge in [0.1, 0.15) is 23.7 Å². The molecule has 3 heterocycles. The fraction of sp³-hybridized carbons (Fsp3) is 0.226. The van der Waals surface area contributed by atoms with Crippen LogP contribution in [0.15, 0.2) is 96.0 Å². The van der Waals surface area contributed by atoms with E-state index in [2.05, 4.69) is 11.1 Å². The topological polar surface area (TPSA) is 126 Å². The van der Waals surface area contributed by atoms with E-state index in [1.54, 1.807) is 41.7 Å². The number of allylic oxidation sites excluding steroid dienone is 3. The largest absolute Gasteiger partial charge is 0.506 e. The number of carbonyl (C=O) groups is 1. The molecule has 3 N–H and O–H groups in total. The standard InChI is InChI=1S/C31H29N7O2/c1-19-26(30(36-14-13-34-18-36)38(35-19)20-9-5-4-6-10-20)27-21(17-32)29(33)37(22-11-7-8-12-24(22)39)23-15-31(2,3)16-25(40)28(23)27/h4-14,18,27,39H,15-16,33H2,1-3H3. The average molecular weight is 532 g/mol. The summed E-state index contributed by atoms with van der Waals surface area (Å²) in [7, 11) is 0. The predicted octanol–water partition coefficient (Wildman–Crippen LogP) is 5.01. The van der Waals surface area contributed by atoms with Crippen molar-refractivity contribution < 1.29 is 9.90 Å². The van der Waals surface area contributed by atoms with Gasteiger partial charge in [-0.25, -0.2) is 9.67 Å². The number of carbonyl (C=O) groups excluding carboxylic acids is 1. The average Bonchev–Trinajstić information content (AvgIpc) is 3.56. The van der Waals surface area contributed by atoms with Gasteiger partial charge in [0.05, 0.1) is 34.6 Å². The van der Waals surface area contributed by atoms with Gasteiger partial charge in [0.25, 0.3) is 0 Å². The number of aryl methyl sites for hydroxylation is 1. The number of anilines is 1. The number of benzene rings is 2. The number of nitrogens with zero attached hydrogens (tertiary/aromatic N) is 6. The molecular weight excluding hydrogens is 502 g/mol. The number of imidazole rings is 1. The maximum absolute atomic E-state index is 14.1. The number of hydrogen-bond donors (Lipinski definition) is 2. The van der Waals surface area contributed by atoms with Crippen molar-refractivity contribution in [2.75, 3.05) is 4.90 Å². The first-order chi connectivity index (χ1) is 19.2. The van der Waals surface area contributed by atoms with E-state index in [1.165, 1.54) is 0 Å². The summed E-state index contributed by atoms with van der Waals surface area (Å²) in [5.41, 5.74) is 10.5. The fourth-order valence-electron chi connectivity index (χ4n) is 5.97. The summed E-state index contributed by atoms with van der Waals surface area (Å²) >= 11 is 0. The number of para-hydroxylation sites is 3. The van der Waals surface area contributed by atoms with Crippen LogP contribution in [0.2, 0.25) is 0 Å². The third-order valence-corrected chi connectivity index (χ3v) is 7.62. The Labute approximate surface area is 232 Å². The van der Waals surface area contributed by atoms with Gasteiger partial charge in [-0.05, 0) is 43.0 Å². The van der Waals surface area contributed by atoms with E-state index in [4.69, 9.17) is 10.8 Å². The highest BCUT2D eigenvalue weighted by Crippen LogP contribution is 2.52. The molecule has 0 saturated heterocycles. The van der Waals surface area contributed by atoms with E-state index in [1.807, 2.05) is 66.5 Å². The van der Waals surface area contributed by atoms with Gasteiger partial charge in [0.15, 0.2) is 5.78 Å². The third-order valence-electron chi connectivity index (χ3n) is 7.62. The molecule has 2 aliphatic rings. The third kappa shape index (κ3) is 3.88. The van der Waals surface area contributed by atoms with E-state index in [9.17, 15) is 15.2 Å². The Hall–Kier alpha value is -5.10. The van der Waals surface area contributed by atoms with E-state index in [0.29, 0.717) is 46.9 Å². The first-order valence-corrected chi connectivity index (χ1v) is 13.1. The minimum Gasteiger partial charge on any atom is -0.506 e. The Balaban J connectivity index is 1.69. The number of phenols is 1. The molecule has 0 spiro atoms. The number of ketones is 1. The number of phenolic OH excluding ortho intramolecular Hbond substituents is 1. The maximum Gasteiger partial charge on any atom is 0.162 e. The van der Waals surface area contributed by atoms with Crippen molar-refractivity contribution in [2.45, 2.75) is 39.5 Å². The Morgan fingerprint density at radius 3 is 2.50 bits per heavy atom. The van der Waals surface area contributed by atoms with Crippen molar-refractivity contribution in [3.05, 3.63) is 107 Å². The number of aromatic nitrogens is 4. The molecular formula is C31H29N7O2. The molecule has 1 unspecified atom stereocenters. The Morgan fingerprint density at radius 1 is 1.10 bits per heavy atom. The summed E-state index contributed by atoms with van der Waals surface area (Å²) in [5.74, 6) is 0.0610. The molecule has 0 saturated carbocycles. The summed E-state index contributed by atoms with van der Waals surface area (Å²) < 4.78 is 3.66. The fourth-order valence-corrected chi connectivity index (χ4v) is 5.97. The maximum atomic E-state index is 14.1. The van der Waals surface area contributed by atoms with Gasteiger partial charge in [0, 0.05) is 35.6 Å². The van der Waals surface area contributed by atoms with Gasteiger partial charge in [-0.1, -0.05) is 44.2 Å². The van der Waals surface area contributed by atoms with Gasteiger partial charge in [0.2, 0.25) is 0 Å². The molecule has 6 rings (SSSR count). The second-order valence-corrected chi connectivity index (χ2v) is 11.0. The molecule has 9 heteroatoms. The SMILES string of the molecule is Cc1nn(-c2ccccc2)c(-n2ccnc2)c1C1C(C#N)=C(N)N(c2ccccc2O)C2=C1C(=O)CC(C)(C)C2. The van der Waals surface area contributed by atoms with Gasteiger partial charge in [-0.3, -0.25) is 14.3 Å². The molecule has 1 atom stereocenters. The van der Waals surface area contributed by atoms with Crippen LogP contribution in [0.4, 0.5) is 5.69 Å². The smallest absolute Gasteiger partial charge is 0.162 e. The molecule has 1 aliphatic carbocycles. The summed E-state index contributed by atoms with van der Waals surface area (Å²) in [5, 5.41) is 26.3. The number of nitrogens with two attached hydrogens (primary N) is 1. The van der Waals surface area contributed by atoms with Crippen molar-refractivity contribution in [2.24, 2.45) is 11.1 Å². The second-order valence-electron chi connectivity index (χ2n) is 11.0. The number of aromatic hydroxyl groups is 1. The second kappa shape index (κ2) is 9.27. The molecule has 0 amide bonds. The van der Waals surface area contributed by atoms with Crippen LogP contribution in [0, 0.1) is 23.7 Å². The molecule has 0 radical (unpaired) electrons. The first-order valence-electron chi connectivity index (χ1n) is 13.1. The van der Waals surface area contributed by atoms with Crippen LogP contribution in [0.1, 0.15) is 43.9 Å². The number of hydrogen-bond acceptors (Lipinski definition) is 7. The van der Waals surface area contributed by atoms with Gasteiger partial charge >= 0.3 is 0 Å². The minimum absolute atomic E-state index is 0.0102. The monoisotopic (exact) mass is 531 g/mol. The Kier molecular flexibility index (Phi) is 5.84. The van der Waals surface area contributed by atoms with Crippen LogP contribution in [-0.2, 0) is 4.79 Å². The van der Waals surface area contributed by atoms with E-state index >= 15 is 0 Å². The molecule has 1 aliphatic heterocycles. The van der Waals surface area contributed by atoms with E-state index in [0.717, 1.165) is 5.69 Å². The molecule has 9 nitrogen and oxygen atoms in total. The summed E-state index contributed by atoms with van der Waals surface area (Å²) in [6.07, 6.45) is 6.02. The van der Waals surface area contributed by atoms with Crippen molar-refractivity contribution in [1.82, 2.24) is 19.3 Å². The van der Waals surface area contributed by atoms with Gasteiger partial charge < -0.3 is 10.8 Å². The molecule has 4 aromatic rings. The van der Waals surface area contributed by atoms with Crippen LogP contribution in [0.5, 0.6) is 5.75 Å². The van der Waals surface area contributed by atoms with Crippen molar-refractivity contribution >= 4 is 11.5 Å². The lowest BCUT2D eigenvalue weighted by atomic mass is 9.68. The molecule has 200 valence electrons. The van der Waals surface area contributed by atoms with Crippen molar-refractivity contribution in [3.8, 4) is 23.3 Å². The minimum atomic E-state index is -0.749. The quantitative estimate of drug-likeness (QED) is 0.379. The molecule has 0 fully saturated rings. The lowest BCUT2D eigenvalue weighted by molar-refractivity contribution is -0.118. The highest BCUT2D eigenvalue weighted by Gasteiger charge is 2.47. The van der Waals surface area contributed by atoms with E-state index < -0.39 is 5.92 Å². The van der Waals surface area contributed by atoms with Crippen LogP contribution >= 0.6 is 0 Å². The number of rotatable bonds is 4. The van der Waals surface area contributed by atoms with E-state index in [-0.39, 0.29) is 28.3 Å². The molecule has 0 bridgehead atoms. The molecule has 40 heavy (non-hydrogen) atoms. The van der Waals surface area contributed by atoms with Gasteiger partial charge in [-0.2, -0.15) is 10.4 Å². The van der Waals surface area contributed by atoms with Crippen LogP contribution in [0.3, 0.4) is 0 Å². The number of nitriles is 1. The zero-order valence-corrected chi connectivity index (χ0v) is 22.5. The lowest BCUT2D eigenvalue weighted by Gasteiger charge is -2.43. The highest BCUT2D eigenvalue weighted by atomic mass is 16.3. The first kappa shape index (κ1) is 25.2. The highest BCUT2D eigenvalue weighted by molar-refractivity contribution is 6.02. The molecule has 2 aromatic carbocycles. The Morgan fingerprint density at radius 2 is 1.82 bits per heavy atom. The van der Waals surface area contributed by atoms with Crippen LogP contribution in [0.25, 0.3) is 11.5 Å².